The highest BCUT2D eigenvalue weighted by Gasteiger charge is 2.13. The molecule has 2 heterocycles. The molecule has 31 heavy (non-hydrogen) atoms. The summed E-state index contributed by atoms with van der Waals surface area (Å²) in [7, 11) is 0. The van der Waals surface area contributed by atoms with E-state index in [9.17, 15) is 14.0 Å². The molecule has 0 bridgehead atoms. The Morgan fingerprint density at radius 1 is 1.00 bits per heavy atom. The summed E-state index contributed by atoms with van der Waals surface area (Å²) < 4.78 is 15.9. The van der Waals surface area contributed by atoms with E-state index in [1.807, 2.05) is 12.1 Å². The van der Waals surface area contributed by atoms with Gasteiger partial charge in [0.1, 0.15) is 5.82 Å². The van der Waals surface area contributed by atoms with Gasteiger partial charge in [0.2, 0.25) is 5.91 Å². The van der Waals surface area contributed by atoms with E-state index in [1.54, 1.807) is 40.9 Å². The lowest BCUT2D eigenvalue weighted by molar-refractivity contribution is -0.113. The Balaban J connectivity index is 1.44. The summed E-state index contributed by atoms with van der Waals surface area (Å²) in [6.45, 7) is 0. The fraction of sp³-hybridized carbons (Fsp3) is 0.0476. The van der Waals surface area contributed by atoms with E-state index in [0.717, 1.165) is 4.47 Å². The molecule has 2 aromatic heterocycles. The van der Waals surface area contributed by atoms with Gasteiger partial charge in [-0.15, -0.1) is 10.2 Å². The predicted octanol–water partition coefficient (Wildman–Crippen LogP) is 4.61. The van der Waals surface area contributed by atoms with Gasteiger partial charge < -0.3 is 10.6 Å². The molecule has 0 aliphatic heterocycles. The molecule has 0 atom stereocenters. The summed E-state index contributed by atoms with van der Waals surface area (Å²) in [5.74, 6) is -0.905. The number of fused-ring (bicyclic) bond motifs is 1. The third-order valence-corrected chi connectivity index (χ3v) is 5.65. The topological polar surface area (TPSA) is 88.4 Å². The molecule has 0 unspecified atom stereocenters. The average Bonchev–Trinajstić information content (AvgIpc) is 3.16. The lowest BCUT2D eigenvalue weighted by atomic mass is 10.2. The molecule has 2 aromatic carbocycles. The van der Waals surface area contributed by atoms with Crippen LogP contribution in [0.3, 0.4) is 0 Å². The molecule has 4 rings (SSSR count). The Hall–Kier alpha value is -3.24. The standard InChI is InChI=1S/C21H15BrFN5O2S/c22-14-5-7-16(8-6-14)24-19(29)12-31-21-27-26-18-9-4-13(11-28(18)21)20(30)25-17-3-1-2-15(23)10-17/h1-11H,12H2,(H,24,29)(H,25,30). The number of thioether (sulfide) groups is 1. The van der Waals surface area contributed by atoms with E-state index in [1.165, 1.54) is 30.0 Å². The zero-order valence-corrected chi connectivity index (χ0v) is 18.3. The van der Waals surface area contributed by atoms with Gasteiger partial charge in [-0.2, -0.15) is 0 Å². The first kappa shape index (κ1) is 21.0. The average molecular weight is 500 g/mol. The Morgan fingerprint density at radius 3 is 2.58 bits per heavy atom. The maximum atomic E-state index is 13.3. The molecule has 2 N–H and O–H groups in total. The van der Waals surface area contributed by atoms with Gasteiger partial charge in [-0.05, 0) is 54.6 Å². The maximum Gasteiger partial charge on any atom is 0.257 e. The molecular formula is C21H15BrFN5O2S. The number of amides is 2. The van der Waals surface area contributed by atoms with E-state index >= 15 is 0 Å². The van der Waals surface area contributed by atoms with Crippen LogP contribution in [0, 0.1) is 5.82 Å². The van der Waals surface area contributed by atoms with Crippen LogP contribution in [-0.4, -0.2) is 32.2 Å². The first-order valence-electron chi connectivity index (χ1n) is 9.08. The van der Waals surface area contributed by atoms with Crippen LogP contribution in [0.15, 0.2) is 76.5 Å². The molecule has 7 nitrogen and oxygen atoms in total. The number of carbonyl (C=O) groups excluding carboxylic acids is 2. The van der Waals surface area contributed by atoms with Gasteiger partial charge >= 0.3 is 0 Å². The molecular weight excluding hydrogens is 485 g/mol. The smallest absolute Gasteiger partial charge is 0.257 e. The van der Waals surface area contributed by atoms with Crippen molar-refractivity contribution in [2.24, 2.45) is 0 Å². The highest BCUT2D eigenvalue weighted by molar-refractivity contribution is 9.10. The number of benzene rings is 2. The molecule has 2 amide bonds. The van der Waals surface area contributed by atoms with Gasteiger partial charge in [-0.1, -0.05) is 33.8 Å². The van der Waals surface area contributed by atoms with E-state index in [0.29, 0.717) is 27.7 Å². The van der Waals surface area contributed by atoms with Gasteiger partial charge in [-0.25, -0.2) is 4.39 Å². The van der Waals surface area contributed by atoms with Crippen molar-refractivity contribution in [1.29, 1.82) is 0 Å². The summed E-state index contributed by atoms with van der Waals surface area (Å²) in [5.41, 5.74) is 1.93. The monoisotopic (exact) mass is 499 g/mol. The van der Waals surface area contributed by atoms with Crippen LogP contribution in [-0.2, 0) is 4.79 Å². The number of rotatable bonds is 6. The predicted molar refractivity (Wildman–Crippen MR) is 121 cm³/mol. The second-order valence-electron chi connectivity index (χ2n) is 6.44. The lowest BCUT2D eigenvalue weighted by Gasteiger charge is -2.07. The molecule has 0 aliphatic rings. The summed E-state index contributed by atoms with van der Waals surface area (Å²) in [4.78, 5) is 24.8. The molecule has 0 saturated carbocycles. The second kappa shape index (κ2) is 9.27. The van der Waals surface area contributed by atoms with Crippen LogP contribution in [0.5, 0.6) is 0 Å². The van der Waals surface area contributed by atoms with Crippen LogP contribution in [0.1, 0.15) is 10.4 Å². The van der Waals surface area contributed by atoms with Gasteiger partial charge in [0, 0.05) is 22.0 Å². The number of aromatic nitrogens is 3. The quantitative estimate of drug-likeness (QED) is 0.378. The summed E-state index contributed by atoms with van der Waals surface area (Å²) in [6.07, 6.45) is 1.58. The van der Waals surface area contributed by atoms with E-state index < -0.39 is 11.7 Å². The van der Waals surface area contributed by atoms with Crippen LogP contribution in [0.2, 0.25) is 0 Å². The van der Waals surface area contributed by atoms with Crippen molar-refractivity contribution in [3.63, 3.8) is 0 Å². The Labute approximate surface area is 189 Å². The van der Waals surface area contributed by atoms with Crippen LogP contribution >= 0.6 is 27.7 Å². The van der Waals surface area contributed by atoms with Crippen molar-refractivity contribution in [1.82, 2.24) is 14.6 Å². The summed E-state index contributed by atoms with van der Waals surface area (Å²) in [5, 5.41) is 14.1. The van der Waals surface area contributed by atoms with Crippen LogP contribution in [0.25, 0.3) is 5.65 Å². The summed E-state index contributed by atoms with van der Waals surface area (Å²) in [6, 6.07) is 16.2. The van der Waals surface area contributed by atoms with E-state index in [2.05, 4.69) is 36.8 Å². The number of anilines is 2. The minimum Gasteiger partial charge on any atom is -0.325 e. The van der Waals surface area contributed by atoms with Gasteiger partial charge in [0.15, 0.2) is 10.8 Å². The zero-order chi connectivity index (χ0) is 21.8. The third-order valence-electron chi connectivity index (χ3n) is 4.18. The minimum absolute atomic E-state index is 0.122. The van der Waals surface area contributed by atoms with Gasteiger partial charge in [0.05, 0.1) is 11.3 Å². The highest BCUT2D eigenvalue weighted by Crippen LogP contribution is 2.20. The number of nitrogens with zero attached hydrogens (tertiary/aromatic N) is 3. The molecule has 0 saturated heterocycles. The van der Waals surface area contributed by atoms with Gasteiger partial charge in [0.25, 0.3) is 5.91 Å². The van der Waals surface area contributed by atoms with Gasteiger partial charge in [-0.3, -0.25) is 14.0 Å². The number of pyridine rings is 1. The molecule has 0 radical (unpaired) electrons. The second-order valence-corrected chi connectivity index (χ2v) is 8.29. The molecule has 0 aliphatic carbocycles. The molecule has 10 heteroatoms. The summed E-state index contributed by atoms with van der Waals surface area (Å²) >= 11 is 4.55. The van der Waals surface area contributed by atoms with Crippen molar-refractivity contribution in [3.05, 3.63) is 82.7 Å². The van der Waals surface area contributed by atoms with Crippen molar-refractivity contribution >= 4 is 56.5 Å². The number of halogens is 2. The van der Waals surface area contributed by atoms with Crippen molar-refractivity contribution in [3.8, 4) is 0 Å². The first-order chi connectivity index (χ1) is 15.0. The van der Waals surface area contributed by atoms with E-state index in [-0.39, 0.29) is 11.7 Å². The molecule has 0 spiro atoms. The maximum absolute atomic E-state index is 13.3. The van der Waals surface area contributed by atoms with Crippen molar-refractivity contribution in [2.45, 2.75) is 5.16 Å². The number of hydrogen-bond donors (Lipinski definition) is 2. The number of hydrogen-bond acceptors (Lipinski definition) is 5. The largest absolute Gasteiger partial charge is 0.325 e. The highest BCUT2D eigenvalue weighted by atomic mass is 79.9. The van der Waals surface area contributed by atoms with E-state index in [4.69, 9.17) is 0 Å². The minimum atomic E-state index is -0.438. The van der Waals surface area contributed by atoms with Crippen LogP contribution < -0.4 is 10.6 Å². The number of carbonyl (C=O) groups is 2. The van der Waals surface area contributed by atoms with Crippen LogP contribution in [0.4, 0.5) is 15.8 Å². The SMILES string of the molecule is O=C(CSc1nnc2ccc(C(=O)Nc3cccc(F)c3)cn12)Nc1ccc(Br)cc1. The number of nitrogens with one attached hydrogen (secondary N) is 2. The normalized spacial score (nSPS) is 10.8. The Morgan fingerprint density at radius 2 is 1.81 bits per heavy atom. The van der Waals surface area contributed by atoms with Crippen molar-refractivity contribution < 1.29 is 14.0 Å². The Kier molecular flexibility index (Phi) is 6.28. The Bertz CT molecular complexity index is 1260. The fourth-order valence-corrected chi connectivity index (χ4v) is 3.71. The third kappa shape index (κ3) is 5.28. The fourth-order valence-electron chi connectivity index (χ4n) is 2.73. The molecule has 0 fully saturated rings. The van der Waals surface area contributed by atoms with Crippen molar-refractivity contribution in [2.75, 3.05) is 16.4 Å². The molecule has 156 valence electrons. The lowest BCUT2D eigenvalue weighted by Crippen LogP contribution is -2.14. The molecule has 4 aromatic rings. The first-order valence-corrected chi connectivity index (χ1v) is 10.9. The zero-order valence-electron chi connectivity index (χ0n) is 15.9.